The van der Waals surface area contributed by atoms with Crippen molar-refractivity contribution in [3.8, 4) is 0 Å². The molecule has 1 amide bonds. The van der Waals surface area contributed by atoms with Crippen molar-refractivity contribution in [2.24, 2.45) is 5.73 Å². The second-order valence-corrected chi connectivity index (χ2v) is 6.89. The van der Waals surface area contributed by atoms with Crippen molar-refractivity contribution in [1.29, 1.82) is 0 Å². The van der Waals surface area contributed by atoms with Crippen LogP contribution < -0.4 is 5.73 Å². The number of amides is 1. The van der Waals surface area contributed by atoms with Crippen molar-refractivity contribution < 1.29 is 14.0 Å². The number of aryl methyl sites for hydroxylation is 1. The summed E-state index contributed by atoms with van der Waals surface area (Å²) in [5.74, 6) is -0.394. The molecule has 7 heteroatoms. The average Bonchev–Trinajstić information content (AvgIpc) is 2.52. The van der Waals surface area contributed by atoms with E-state index in [0.29, 0.717) is 30.4 Å². The first-order valence-electron chi connectivity index (χ1n) is 7.56. The van der Waals surface area contributed by atoms with E-state index in [1.807, 2.05) is 5.06 Å². The Kier molecular flexibility index (Phi) is 5.78. The molecule has 128 valence electrons. The number of hydroxylamine groups is 2. The number of carbonyl (C=O) groups excluding carboxylic acids is 1. The lowest BCUT2D eigenvalue weighted by atomic mass is 9.96. The summed E-state index contributed by atoms with van der Waals surface area (Å²) in [4.78, 5) is 19.4. The van der Waals surface area contributed by atoms with Crippen LogP contribution in [0.15, 0.2) is 16.6 Å². The third kappa shape index (κ3) is 4.09. The summed E-state index contributed by atoms with van der Waals surface area (Å²) in [5.41, 5.74) is 7.31. The second-order valence-electron chi connectivity index (χ2n) is 6.04. The van der Waals surface area contributed by atoms with Crippen molar-refractivity contribution in [2.75, 3.05) is 27.2 Å². The molecule has 0 spiro atoms. The molecule has 0 saturated carbocycles. The molecule has 1 aromatic rings. The van der Waals surface area contributed by atoms with Gasteiger partial charge in [0, 0.05) is 20.1 Å². The maximum Gasteiger partial charge on any atom is 0.228 e. The second kappa shape index (κ2) is 7.25. The van der Waals surface area contributed by atoms with Gasteiger partial charge in [-0.3, -0.25) is 4.79 Å². The minimum absolute atomic E-state index is 0.0695. The van der Waals surface area contributed by atoms with Crippen LogP contribution >= 0.6 is 15.9 Å². The fourth-order valence-corrected chi connectivity index (χ4v) is 3.19. The van der Waals surface area contributed by atoms with Crippen molar-refractivity contribution in [3.63, 3.8) is 0 Å². The van der Waals surface area contributed by atoms with E-state index in [-0.39, 0.29) is 18.1 Å². The Labute approximate surface area is 144 Å². The zero-order valence-corrected chi connectivity index (χ0v) is 15.3. The lowest BCUT2D eigenvalue weighted by Crippen LogP contribution is -2.61. The Morgan fingerprint density at radius 1 is 1.48 bits per heavy atom. The monoisotopic (exact) mass is 387 g/mol. The first-order valence-corrected chi connectivity index (χ1v) is 8.35. The van der Waals surface area contributed by atoms with E-state index < -0.39 is 5.66 Å². The van der Waals surface area contributed by atoms with E-state index in [2.05, 4.69) is 15.9 Å². The molecule has 0 bridgehead atoms. The van der Waals surface area contributed by atoms with Crippen molar-refractivity contribution in [3.05, 3.63) is 33.5 Å². The van der Waals surface area contributed by atoms with Gasteiger partial charge in [0.1, 0.15) is 5.82 Å². The summed E-state index contributed by atoms with van der Waals surface area (Å²) in [6.07, 6.45) is 1.50. The third-order valence-corrected chi connectivity index (χ3v) is 5.22. The predicted octanol–water partition coefficient (Wildman–Crippen LogP) is 2.21. The fraction of sp³-hybridized carbons (Fsp3) is 0.562. The minimum Gasteiger partial charge on any atom is -0.327 e. The number of rotatable bonds is 4. The van der Waals surface area contributed by atoms with Gasteiger partial charge in [0.2, 0.25) is 5.91 Å². The maximum absolute atomic E-state index is 13.5. The van der Waals surface area contributed by atoms with Crippen LogP contribution in [0.5, 0.6) is 0 Å². The average molecular weight is 388 g/mol. The van der Waals surface area contributed by atoms with Crippen molar-refractivity contribution in [1.82, 2.24) is 9.96 Å². The van der Waals surface area contributed by atoms with E-state index in [1.54, 1.807) is 32.0 Å². The number of hydrogen-bond donors (Lipinski definition) is 1. The Balaban J connectivity index is 2.07. The highest BCUT2D eigenvalue weighted by molar-refractivity contribution is 9.10. The van der Waals surface area contributed by atoms with E-state index in [4.69, 9.17) is 10.6 Å². The number of benzene rings is 1. The molecule has 5 nitrogen and oxygen atoms in total. The van der Waals surface area contributed by atoms with Crippen LogP contribution in [0.25, 0.3) is 0 Å². The fourth-order valence-electron chi connectivity index (χ4n) is 2.80. The summed E-state index contributed by atoms with van der Waals surface area (Å²) in [6.45, 7) is 3.17. The van der Waals surface area contributed by atoms with Crippen molar-refractivity contribution in [2.45, 2.75) is 31.8 Å². The van der Waals surface area contributed by atoms with Crippen LogP contribution in [0.1, 0.15) is 24.0 Å². The van der Waals surface area contributed by atoms with Gasteiger partial charge in [0.15, 0.2) is 0 Å². The number of carbonyl (C=O) groups is 1. The number of piperidine rings is 1. The van der Waals surface area contributed by atoms with Crippen LogP contribution in [-0.2, 0) is 16.1 Å². The highest BCUT2D eigenvalue weighted by Crippen LogP contribution is 2.25. The number of halogens is 2. The molecule has 1 aliphatic rings. The molecule has 0 unspecified atom stereocenters. The molecule has 1 saturated heterocycles. The van der Waals surface area contributed by atoms with Gasteiger partial charge >= 0.3 is 0 Å². The number of nitrogens with two attached hydrogens (primary N) is 1. The highest BCUT2D eigenvalue weighted by atomic mass is 79.9. The summed E-state index contributed by atoms with van der Waals surface area (Å²) >= 11 is 3.16. The zero-order valence-electron chi connectivity index (χ0n) is 13.7. The van der Waals surface area contributed by atoms with E-state index >= 15 is 0 Å². The molecule has 1 aliphatic heterocycles. The molecular weight excluding hydrogens is 365 g/mol. The summed E-state index contributed by atoms with van der Waals surface area (Å²) in [5, 5.41) is 1.84. The van der Waals surface area contributed by atoms with E-state index in [9.17, 15) is 9.18 Å². The molecule has 0 aromatic heterocycles. The van der Waals surface area contributed by atoms with Crippen LogP contribution in [-0.4, -0.2) is 48.8 Å². The normalized spacial score (nSPS) is 18.0. The van der Waals surface area contributed by atoms with Gasteiger partial charge in [-0.1, -0.05) is 0 Å². The van der Waals surface area contributed by atoms with Gasteiger partial charge in [-0.25, -0.2) is 4.39 Å². The lowest BCUT2D eigenvalue weighted by Gasteiger charge is -2.44. The van der Waals surface area contributed by atoms with Crippen molar-refractivity contribution >= 4 is 21.8 Å². The first kappa shape index (κ1) is 18.3. The van der Waals surface area contributed by atoms with E-state index in [0.717, 1.165) is 11.1 Å². The van der Waals surface area contributed by atoms with Gasteiger partial charge in [-0.2, -0.15) is 5.06 Å². The van der Waals surface area contributed by atoms with E-state index in [1.165, 1.54) is 6.07 Å². The Bertz CT molecular complexity index is 589. The lowest BCUT2D eigenvalue weighted by molar-refractivity contribution is -0.166. The smallest absolute Gasteiger partial charge is 0.228 e. The third-order valence-electron chi connectivity index (χ3n) is 4.61. The molecule has 0 aliphatic carbocycles. The summed E-state index contributed by atoms with van der Waals surface area (Å²) in [7, 11) is 3.37. The van der Waals surface area contributed by atoms with Crippen LogP contribution in [0.2, 0.25) is 0 Å². The largest absolute Gasteiger partial charge is 0.327 e. The zero-order chi connectivity index (χ0) is 17.2. The molecular formula is C16H23BrFN3O2. The molecule has 0 radical (unpaired) electrons. The van der Waals surface area contributed by atoms with Gasteiger partial charge in [0.25, 0.3) is 0 Å². The minimum atomic E-state index is -0.669. The molecule has 23 heavy (non-hydrogen) atoms. The Morgan fingerprint density at radius 3 is 2.65 bits per heavy atom. The number of nitrogens with zero attached hydrogens (tertiary/aromatic N) is 2. The maximum atomic E-state index is 13.5. The van der Waals surface area contributed by atoms with Gasteiger partial charge in [-0.05, 0) is 59.0 Å². The topological polar surface area (TPSA) is 58.8 Å². The molecule has 1 heterocycles. The predicted molar refractivity (Wildman–Crippen MR) is 90.0 cm³/mol. The molecule has 0 atom stereocenters. The SMILES string of the molecule is CON1CCC(N)(N(C)C(=O)Cc2cc(Br)c(F)cc2C)CC1. The highest BCUT2D eigenvalue weighted by Gasteiger charge is 2.37. The summed E-state index contributed by atoms with van der Waals surface area (Å²) in [6, 6.07) is 3.09. The molecule has 2 N–H and O–H groups in total. The molecule has 2 rings (SSSR count). The summed E-state index contributed by atoms with van der Waals surface area (Å²) < 4.78 is 13.9. The molecule has 1 fully saturated rings. The van der Waals surface area contributed by atoms with Gasteiger partial charge in [-0.15, -0.1) is 0 Å². The molecule has 1 aromatic carbocycles. The Morgan fingerprint density at radius 2 is 2.09 bits per heavy atom. The standard InChI is InChI=1S/C16H23BrFN3O2/c1-11-8-14(18)13(17)9-12(11)10-15(22)20(2)16(19)4-6-21(23-3)7-5-16/h8-9H,4-7,10,19H2,1-3H3. The number of hydrogen-bond acceptors (Lipinski definition) is 4. The number of likely N-dealkylation sites (N-methyl/N-ethyl adjacent to an activating group) is 1. The van der Waals surface area contributed by atoms with Crippen LogP contribution in [0, 0.1) is 12.7 Å². The van der Waals surface area contributed by atoms with Crippen LogP contribution in [0.4, 0.5) is 4.39 Å². The van der Waals surface area contributed by atoms with Gasteiger partial charge in [0.05, 0.1) is 23.7 Å². The Hall–Kier alpha value is -1.02. The first-order chi connectivity index (χ1) is 10.8. The van der Waals surface area contributed by atoms with Gasteiger partial charge < -0.3 is 15.5 Å². The quantitative estimate of drug-likeness (QED) is 0.804. The van der Waals surface area contributed by atoms with Crippen LogP contribution in [0.3, 0.4) is 0 Å².